The highest BCUT2D eigenvalue weighted by atomic mass is 35.5. The summed E-state index contributed by atoms with van der Waals surface area (Å²) in [6, 6.07) is 10.1. The Bertz CT molecular complexity index is 724. The molecule has 1 amide bonds. The summed E-state index contributed by atoms with van der Waals surface area (Å²) in [4.78, 5) is 12.2. The molecule has 3 N–H and O–H groups in total. The van der Waals surface area contributed by atoms with E-state index in [-0.39, 0.29) is 17.6 Å². The van der Waals surface area contributed by atoms with E-state index in [0.717, 1.165) is 17.7 Å². The van der Waals surface area contributed by atoms with Crippen molar-refractivity contribution < 1.29 is 13.6 Å². The molecule has 1 aliphatic heterocycles. The maximum absolute atomic E-state index is 13.2. The van der Waals surface area contributed by atoms with Crippen LogP contribution in [0.3, 0.4) is 0 Å². The Kier molecular flexibility index (Phi) is 4.56. The van der Waals surface area contributed by atoms with Crippen molar-refractivity contribution in [2.75, 3.05) is 5.32 Å². The van der Waals surface area contributed by atoms with E-state index in [1.807, 2.05) is 12.1 Å². The highest BCUT2D eigenvalue weighted by molar-refractivity contribution is 6.30. The van der Waals surface area contributed by atoms with Crippen LogP contribution in [0.15, 0.2) is 42.5 Å². The molecule has 0 spiro atoms. The zero-order valence-corrected chi connectivity index (χ0v) is 12.7. The first-order valence-corrected chi connectivity index (χ1v) is 7.43. The minimum atomic E-state index is -1.00. The summed E-state index contributed by atoms with van der Waals surface area (Å²) in [6.07, 6.45) is 0.525. The number of rotatable bonds is 3. The van der Waals surface area contributed by atoms with Gasteiger partial charge >= 0.3 is 0 Å². The van der Waals surface area contributed by atoms with E-state index in [9.17, 15) is 13.6 Å². The van der Waals surface area contributed by atoms with Crippen molar-refractivity contribution >= 4 is 23.2 Å². The molecule has 0 bridgehead atoms. The third-order valence-electron chi connectivity index (χ3n) is 3.68. The monoisotopic (exact) mass is 337 g/mol. The molecule has 2 atom stereocenters. The van der Waals surface area contributed by atoms with Crippen molar-refractivity contribution in [3.63, 3.8) is 0 Å². The quantitative estimate of drug-likeness (QED) is 0.806. The van der Waals surface area contributed by atoms with Crippen LogP contribution in [0.5, 0.6) is 0 Å². The molecule has 1 heterocycles. The predicted molar refractivity (Wildman–Crippen MR) is 83.9 cm³/mol. The van der Waals surface area contributed by atoms with E-state index in [0.29, 0.717) is 11.4 Å². The van der Waals surface area contributed by atoms with Crippen molar-refractivity contribution in [1.82, 2.24) is 10.9 Å². The van der Waals surface area contributed by atoms with E-state index >= 15 is 0 Å². The number of carbonyl (C=O) groups excluding carboxylic acids is 1. The molecule has 7 heteroatoms. The maximum atomic E-state index is 13.2. The highest BCUT2D eigenvalue weighted by Gasteiger charge is 2.30. The predicted octanol–water partition coefficient (Wildman–Crippen LogP) is 3.16. The molecule has 120 valence electrons. The van der Waals surface area contributed by atoms with Crippen LogP contribution in [0.1, 0.15) is 18.0 Å². The van der Waals surface area contributed by atoms with E-state index in [1.165, 1.54) is 6.07 Å². The number of anilines is 1. The molecule has 4 nitrogen and oxygen atoms in total. The van der Waals surface area contributed by atoms with Crippen LogP contribution in [0.4, 0.5) is 14.5 Å². The lowest BCUT2D eigenvalue weighted by Crippen LogP contribution is -2.39. The van der Waals surface area contributed by atoms with Crippen molar-refractivity contribution in [3.05, 3.63) is 64.7 Å². The summed E-state index contributed by atoms with van der Waals surface area (Å²) < 4.78 is 26.0. The molecular weight excluding hydrogens is 324 g/mol. The lowest BCUT2D eigenvalue weighted by atomic mass is 10.0. The zero-order chi connectivity index (χ0) is 16.4. The Morgan fingerprint density at radius 1 is 1.09 bits per heavy atom. The second-order valence-electron chi connectivity index (χ2n) is 5.30. The molecular formula is C16H14ClF2N3O. The van der Waals surface area contributed by atoms with Crippen molar-refractivity contribution in [1.29, 1.82) is 0 Å². The van der Waals surface area contributed by atoms with Gasteiger partial charge in [-0.2, -0.15) is 0 Å². The SMILES string of the molecule is O=C(Nc1ccc(F)c(F)c1)C1CC(c2ccc(Cl)cc2)NN1. The van der Waals surface area contributed by atoms with Gasteiger partial charge in [-0.3, -0.25) is 4.79 Å². The van der Waals surface area contributed by atoms with E-state index in [1.54, 1.807) is 12.1 Å². The first-order valence-electron chi connectivity index (χ1n) is 7.05. The van der Waals surface area contributed by atoms with Gasteiger partial charge in [0.25, 0.3) is 0 Å². The molecule has 2 unspecified atom stereocenters. The number of benzene rings is 2. The average molecular weight is 338 g/mol. The summed E-state index contributed by atoms with van der Waals surface area (Å²) in [5.41, 5.74) is 7.16. The Hall–Kier alpha value is -2.02. The molecule has 2 aromatic rings. The molecule has 1 saturated heterocycles. The van der Waals surface area contributed by atoms with Gasteiger partial charge in [0.15, 0.2) is 11.6 Å². The van der Waals surface area contributed by atoms with E-state index in [4.69, 9.17) is 11.6 Å². The number of nitrogens with one attached hydrogen (secondary N) is 3. The average Bonchev–Trinajstić information content (AvgIpc) is 3.02. The first kappa shape index (κ1) is 15.9. The highest BCUT2D eigenvalue weighted by Crippen LogP contribution is 2.24. The third-order valence-corrected chi connectivity index (χ3v) is 3.93. The normalized spacial score (nSPS) is 20.5. The second kappa shape index (κ2) is 6.62. The van der Waals surface area contributed by atoms with Crippen molar-refractivity contribution in [2.24, 2.45) is 0 Å². The topological polar surface area (TPSA) is 53.2 Å². The number of carbonyl (C=O) groups is 1. The minimum Gasteiger partial charge on any atom is -0.325 e. The molecule has 3 rings (SSSR count). The number of halogens is 3. The summed E-state index contributed by atoms with van der Waals surface area (Å²) >= 11 is 5.85. The summed E-state index contributed by atoms with van der Waals surface area (Å²) in [7, 11) is 0. The second-order valence-corrected chi connectivity index (χ2v) is 5.74. The smallest absolute Gasteiger partial charge is 0.242 e. The lowest BCUT2D eigenvalue weighted by Gasteiger charge is -2.11. The van der Waals surface area contributed by atoms with Gasteiger partial charge in [0.1, 0.15) is 6.04 Å². The fourth-order valence-corrected chi connectivity index (χ4v) is 2.57. The summed E-state index contributed by atoms with van der Waals surface area (Å²) in [6.45, 7) is 0. The molecule has 0 aromatic heterocycles. The van der Waals surface area contributed by atoms with Crippen LogP contribution in [0.2, 0.25) is 5.02 Å². The summed E-state index contributed by atoms with van der Waals surface area (Å²) in [5.74, 6) is -2.27. The molecule has 0 aliphatic carbocycles. The van der Waals surface area contributed by atoms with Crippen LogP contribution in [-0.2, 0) is 4.79 Å². The van der Waals surface area contributed by atoms with Crippen molar-refractivity contribution in [2.45, 2.75) is 18.5 Å². The van der Waals surface area contributed by atoms with Crippen LogP contribution < -0.4 is 16.2 Å². The molecule has 0 saturated carbocycles. The van der Waals surface area contributed by atoms with Crippen molar-refractivity contribution in [3.8, 4) is 0 Å². The number of amides is 1. The number of hydrogen-bond acceptors (Lipinski definition) is 3. The van der Waals surface area contributed by atoms with Gasteiger partial charge in [-0.15, -0.1) is 0 Å². The van der Waals surface area contributed by atoms with Gasteiger partial charge < -0.3 is 5.32 Å². The Labute approximate surface area is 136 Å². The van der Waals surface area contributed by atoms with Crippen LogP contribution in [-0.4, -0.2) is 11.9 Å². The zero-order valence-electron chi connectivity index (χ0n) is 11.9. The molecule has 1 fully saturated rings. The standard InChI is InChI=1S/C16H14ClF2N3O/c17-10-3-1-9(2-4-10)14-8-15(22-21-14)16(23)20-11-5-6-12(18)13(19)7-11/h1-7,14-15,21-22H,8H2,(H,20,23). The lowest BCUT2D eigenvalue weighted by molar-refractivity contribution is -0.117. The molecule has 1 aliphatic rings. The Balaban J connectivity index is 1.63. The molecule has 0 radical (unpaired) electrons. The number of hydrogen-bond donors (Lipinski definition) is 3. The Morgan fingerprint density at radius 3 is 2.52 bits per heavy atom. The molecule has 2 aromatic carbocycles. The largest absolute Gasteiger partial charge is 0.325 e. The third kappa shape index (κ3) is 3.67. The Morgan fingerprint density at radius 2 is 1.83 bits per heavy atom. The van der Waals surface area contributed by atoms with Crippen LogP contribution >= 0.6 is 11.6 Å². The van der Waals surface area contributed by atoms with Gasteiger partial charge in [0.2, 0.25) is 5.91 Å². The fraction of sp³-hybridized carbons (Fsp3) is 0.188. The maximum Gasteiger partial charge on any atom is 0.242 e. The summed E-state index contributed by atoms with van der Waals surface area (Å²) in [5, 5.41) is 3.21. The van der Waals surface area contributed by atoms with Gasteiger partial charge in [-0.05, 0) is 36.2 Å². The fourth-order valence-electron chi connectivity index (χ4n) is 2.45. The van der Waals surface area contributed by atoms with Gasteiger partial charge in [-0.1, -0.05) is 23.7 Å². The van der Waals surface area contributed by atoms with Gasteiger partial charge in [0, 0.05) is 22.8 Å². The van der Waals surface area contributed by atoms with Crippen LogP contribution in [0, 0.1) is 11.6 Å². The van der Waals surface area contributed by atoms with E-state index in [2.05, 4.69) is 16.2 Å². The molecule has 23 heavy (non-hydrogen) atoms. The van der Waals surface area contributed by atoms with Gasteiger partial charge in [0.05, 0.1) is 0 Å². The number of hydrazine groups is 1. The van der Waals surface area contributed by atoms with Gasteiger partial charge in [-0.25, -0.2) is 19.6 Å². The minimum absolute atomic E-state index is 0.0343. The van der Waals surface area contributed by atoms with E-state index < -0.39 is 17.7 Å². The first-order chi connectivity index (χ1) is 11.0. The van der Waals surface area contributed by atoms with Crippen LogP contribution in [0.25, 0.3) is 0 Å².